The molecule has 0 fully saturated rings. The van der Waals surface area contributed by atoms with Gasteiger partial charge in [0.25, 0.3) is 0 Å². The smallest absolute Gasteiger partial charge is 0.320 e. The second-order valence-electron chi connectivity index (χ2n) is 3.52. The molecule has 1 aromatic rings. The number of carboxylic acids is 1. The van der Waals surface area contributed by atoms with E-state index in [4.69, 9.17) is 9.52 Å². The van der Waals surface area contributed by atoms with E-state index >= 15 is 0 Å². The van der Waals surface area contributed by atoms with Gasteiger partial charge in [0.1, 0.15) is 11.8 Å². The molecule has 1 unspecified atom stereocenters. The van der Waals surface area contributed by atoms with Crippen molar-refractivity contribution < 1.29 is 14.3 Å². The predicted octanol–water partition coefficient (Wildman–Crippen LogP) is 1.48. The maximum atomic E-state index is 10.8. The Morgan fingerprint density at radius 1 is 1.64 bits per heavy atom. The topological polar surface area (TPSA) is 62.5 Å². The average molecular weight is 197 g/mol. The highest BCUT2D eigenvalue weighted by Gasteiger charge is 2.20. The molecule has 0 radical (unpaired) electrons. The molecule has 0 aliphatic carbocycles. The maximum Gasteiger partial charge on any atom is 0.320 e. The molecule has 0 spiro atoms. The minimum Gasteiger partial charge on any atom is -0.480 e. The summed E-state index contributed by atoms with van der Waals surface area (Å²) >= 11 is 0. The second kappa shape index (κ2) is 4.81. The molecule has 2 N–H and O–H groups in total. The van der Waals surface area contributed by atoms with Crippen LogP contribution in [0.4, 0.5) is 0 Å². The first-order chi connectivity index (χ1) is 6.61. The fourth-order valence-electron chi connectivity index (χ4n) is 1.23. The van der Waals surface area contributed by atoms with E-state index in [1.54, 1.807) is 12.3 Å². The Morgan fingerprint density at radius 3 is 2.79 bits per heavy atom. The molecule has 0 aliphatic heterocycles. The lowest BCUT2D eigenvalue weighted by Gasteiger charge is -2.16. The van der Waals surface area contributed by atoms with Gasteiger partial charge in [-0.05, 0) is 18.1 Å². The van der Waals surface area contributed by atoms with Crippen molar-refractivity contribution in [2.75, 3.05) is 0 Å². The van der Waals surface area contributed by atoms with Crippen molar-refractivity contribution in [3.63, 3.8) is 0 Å². The van der Waals surface area contributed by atoms with Gasteiger partial charge in [-0.1, -0.05) is 13.8 Å². The molecule has 4 heteroatoms. The van der Waals surface area contributed by atoms with Gasteiger partial charge >= 0.3 is 5.97 Å². The third-order valence-electron chi connectivity index (χ3n) is 2.01. The molecule has 0 saturated heterocycles. The van der Waals surface area contributed by atoms with Crippen molar-refractivity contribution in [1.82, 2.24) is 5.32 Å². The molecule has 78 valence electrons. The minimum absolute atomic E-state index is 0.0578. The summed E-state index contributed by atoms with van der Waals surface area (Å²) in [7, 11) is 0. The average Bonchev–Trinajstić information content (AvgIpc) is 2.55. The van der Waals surface area contributed by atoms with Crippen LogP contribution in [0.15, 0.2) is 22.8 Å². The molecular formula is C10H15NO3. The van der Waals surface area contributed by atoms with Crippen LogP contribution < -0.4 is 5.32 Å². The van der Waals surface area contributed by atoms with Crippen molar-refractivity contribution in [2.45, 2.75) is 26.4 Å². The molecule has 0 aliphatic rings. The Kier molecular flexibility index (Phi) is 3.71. The summed E-state index contributed by atoms with van der Waals surface area (Å²) in [4.78, 5) is 10.8. The highest BCUT2D eigenvalue weighted by atomic mass is 16.4. The van der Waals surface area contributed by atoms with Crippen molar-refractivity contribution in [1.29, 1.82) is 0 Å². The molecule has 1 rings (SSSR count). The summed E-state index contributed by atoms with van der Waals surface area (Å²) in [5.41, 5.74) is 0. The van der Waals surface area contributed by atoms with Gasteiger partial charge in [0.15, 0.2) is 0 Å². The van der Waals surface area contributed by atoms with Gasteiger partial charge in [-0.3, -0.25) is 10.1 Å². The number of furan rings is 1. The zero-order valence-electron chi connectivity index (χ0n) is 8.36. The van der Waals surface area contributed by atoms with Crippen LogP contribution in [0.2, 0.25) is 0 Å². The van der Waals surface area contributed by atoms with Gasteiger partial charge < -0.3 is 9.52 Å². The largest absolute Gasteiger partial charge is 0.480 e. The summed E-state index contributed by atoms with van der Waals surface area (Å²) in [5, 5.41) is 11.8. The van der Waals surface area contributed by atoms with Crippen molar-refractivity contribution >= 4 is 5.97 Å². The normalized spacial score (nSPS) is 13.1. The lowest BCUT2D eigenvalue weighted by atomic mass is 10.1. The lowest BCUT2D eigenvalue weighted by Crippen LogP contribution is -2.40. The molecular weight excluding hydrogens is 182 g/mol. The highest BCUT2D eigenvalue weighted by molar-refractivity contribution is 5.73. The monoisotopic (exact) mass is 197 g/mol. The van der Waals surface area contributed by atoms with Gasteiger partial charge in [-0.2, -0.15) is 0 Å². The molecule has 1 atom stereocenters. The first-order valence-electron chi connectivity index (χ1n) is 4.60. The van der Waals surface area contributed by atoms with E-state index in [1.165, 1.54) is 0 Å². The molecule has 0 bridgehead atoms. The van der Waals surface area contributed by atoms with Gasteiger partial charge in [0, 0.05) is 0 Å². The fraction of sp³-hybridized carbons (Fsp3) is 0.500. The number of carbonyl (C=O) groups is 1. The van der Waals surface area contributed by atoms with Crippen LogP contribution in [0.25, 0.3) is 0 Å². The van der Waals surface area contributed by atoms with E-state index in [0.29, 0.717) is 6.54 Å². The van der Waals surface area contributed by atoms with Gasteiger partial charge in [-0.15, -0.1) is 0 Å². The summed E-state index contributed by atoms with van der Waals surface area (Å²) in [5.74, 6) is -0.0223. The van der Waals surface area contributed by atoms with Crippen LogP contribution >= 0.6 is 0 Å². The van der Waals surface area contributed by atoms with E-state index in [9.17, 15) is 4.79 Å². The van der Waals surface area contributed by atoms with E-state index in [-0.39, 0.29) is 5.92 Å². The van der Waals surface area contributed by atoms with Gasteiger partial charge in [0.05, 0.1) is 12.8 Å². The first kappa shape index (κ1) is 10.8. The zero-order valence-corrected chi connectivity index (χ0v) is 8.36. The standard InChI is InChI=1S/C10H15NO3/c1-7(2)9(10(12)13)11-6-8-4-3-5-14-8/h3-5,7,9,11H,6H2,1-2H3,(H,12,13). The lowest BCUT2D eigenvalue weighted by molar-refractivity contribution is -0.140. The number of aliphatic carboxylic acids is 1. The van der Waals surface area contributed by atoms with Crippen LogP contribution in [0.1, 0.15) is 19.6 Å². The fourth-order valence-corrected chi connectivity index (χ4v) is 1.23. The Labute approximate surface area is 82.9 Å². The third kappa shape index (κ3) is 2.88. The first-order valence-corrected chi connectivity index (χ1v) is 4.60. The van der Waals surface area contributed by atoms with Crippen molar-refractivity contribution in [3.8, 4) is 0 Å². The van der Waals surface area contributed by atoms with Crippen molar-refractivity contribution in [2.24, 2.45) is 5.92 Å². The maximum absolute atomic E-state index is 10.8. The Balaban J connectivity index is 2.45. The van der Waals surface area contributed by atoms with Crippen LogP contribution in [-0.2, 0) is 11.3 Å². The van der Waals surface area contributed by atoms with Crippen molar-refractivity contribution in [3.05, 3.63) is 24.2 Å². The Bertz CT molecular complexity index is 280. The predicted molar refractivity (Wildman–Crippen MR) is 51.8 cm³/mol. The Morgan fingerprint density at radius 2 is 2.36 bits per heavy atom. The molecule has 4 nitrogen and oxygen atoms in total. The minimum atomic E-state index is -0.827. The molecule has 1 heterocycles. The molecule has 0 amide bonds. The van der Waals surface area contributed by atoms with E-state index < -0.39 is 12.0 Å². The molecule has 0 saturated carbocycles. The molecule has 1 aromatic heterocycles. The molecule has 14 heavy (non-hydrogen) atoms. The van der Waals surface area contributed by atoms with Crippen LogP contribution in [0, 0.1) is 5.92 Å². The summed E-state index contributed by atoms with van der Waals surface area (Å²) < 4.78 is 5.09. The highest BCUT2D eigenvalue weighted by Crippen LogP contribution is 2.05. The Hall–Kier alpha value is -1.29. The number of hydrogen-bond acceptors (Lipinski definition) is 3. The SMILES string of the molecule is CC(C)C(NCc1ccco1)C(=O)O. The van der Waals surface area contributed by atoms with Crippen LogP contribution in [-0.4, -0.2) is 17.1 Å². The summed E-state index contributed by atoms with van der Waals surface area (Å²) in [6, 6.07) is 3.06. The van der Waals surface area contributed by atoms with Crippen LogP contribution in [0.3, 0.4) is 0 Å². The number of hydrogen-bond donors (Lipinski definition) is 2. The zero-order chi connectivity index (χ0) is 10.6. The van der Waals surface area contributed by atoms with Gasteiger partial charge in [0.2, 0.25) is 0 Å². The van der Waals surface area contributed by atoms with Crippen LogP contribution in [0.5, 0.6) is 0 Å². The van der Waals surface area contributed by atoms with E-state index in [2.05, 4.69) is 5.32 Å². The number of carboxylic acid groups (broad SMARTS) is 1. The third-order valence-corrected chi connectivity index (χ3v) is 2.01. The number of nitrogens with one attached hydrogen (secondary N) is 1. The van der Waals surface area contributed by atoms with E-state index in [1.807, 2.05) is 19.9 Å². The summed E-state index contributed by atoms with van der Waals surface area (Å²) in [6.07, 6.45) is 1.57. The quantitative estimate of drug-likeness (QED) is 0.750. The second-order valence-corrected chi connectivity index (χ2v) is 3.52. The molecule has 0 aromatic carbocycles. The summed E-state index contributed by atoms with van der Waals surface area (Å²) in [6.45, 7) is 4.18. The number of rotatable bonds is 5. The van der Waals surface area contributed by atoms with Gasteiger partial charge in [-0.25, -0.2) is 0 Å². The van der Waals surface area contributed by atoms with E-state index in [0.717, 1.165) is 5.76 Å².